The van der Waals surface area contributed by atoms with Crippen LogP contribution in [-0.2, 0) is 0 Å². The van der Waals surface area contributed by atoms with Crippen LogP contribution in [0.5, 0.6) is 0 Å². The standard InChI is InChI=1S/C17H27N3O2/c1-3-12(2)20-16(14-6-7-14)15(9-18-20)17(22)19-8-4-5-13(10-19)11-21/h9,12-14,21H,3-8,10-11H2,1-2H3. The van der Waals surface area contributed by atoms with Gasteiger partial charge in [0.15, 0.2) is 0 Å². The zero-order valence-electron chi connectivity index (χ0n) is 13.7. The van der Waals surface area contributed by atoms with Crippen molar-refractivity contribution in [2.24, 2.45) is 5.92 Å². The van der Waals surface area contributed by atoms with E-state index >= 15 is 0 Å². The zero-order valence-corrected chi connectivity index (χ0v) is 13.7. The van der Waals surface area contributed by atoms with E-state index in [1.807, 2.05) is 4.90 Å². The highest BCUT2D eigenvalue weighted by Gasteiger charge is 2.35. The van der Waals surface area contributed by atoms with Gasteiger partial charge in [0.2, 0.25) is 0 Å². The predicted molar refractivity (Wildman–Crippen MR) is 84.9 cm³/mol. The van der Waals surface area contributed by atoms with Crippen molar-refractivity contribution in [3.63, 3.8) is 0 Å². The van der Waals surface area contributed by atoms with Crippen LogP contribution in [0.15, 0.2) is 6.20 Å². The van der Waals surface area contributed by atoms with Gasteiger partial charge in [-0.3, -0.25) is 9.48 Å². The number of carbonyl (C=O) groups excluding carboxylic acids is 1. The van der Waals surface area contributed by atoms with Gasteiger partial charge in [-0.05, 0) is 44.9 Å². The van der Waals surface area contributed by atoms with Crippen molar-refractivity contribution in [1.82, 2.24) is 14.7 Å². The van der Waals surface area contributed by atoms with Crippen LogP contribution in [0.2, 0.25) is 0 Å². The summed E-state index contributed by atoms with van der Waals surface area (Å²) in [6.07, 6.45) is 7.12. The molecule has 5 nitrogen and oxygen atoms in total. The van der Waals surface area contributed by atoms with Gasteiger partial charge in [0, 0.05) is 31.7 Å². The highest BCUT2D eigenvalue weighted by Crippen LogP contribution is 2.43. The van der Waals surface area contributed by atoms with Gasteiger partial charge in [-0.1, -0.05) is 6.92 Å². The van der Waals surface area contributed by atoms with E-state index < -0.39 is 0 Å². The van der Waals surface area contributed by atoms with Gasteiger partial charge in [0.05, 0.1) is 17.5 Å². The Morgan fingerprint density at radius 2 is 2.23 bits per heavy atom. The normalized spacial score (nSPS) is 23.6. The van der Waals surface area contributed by atoms with E-state index in [4.69, 9.17) is 0 Å². The molecule has 0 radical (unpaired) electrons. The number of aliphatic hydroxyl groups is 1. The molecule has 1 N–H and O–H groups in total. The smallest absolute Gasteiger partial charge is 0.257 e. The second kappa shape index (κ2) is 6.41. The predicted octanol–water partition coefficient (Wildman–Crippen LogP) is 2.58. The van der Waals surface area contributed by atoms with Crippen molar-refractivity contribution in [3.05, 3.63) is 17.5 Å². The molecule has 3 rings (SSSR count). The number of hydrogen-bond acceptors (Lipinski definition) is 3. The van der Waals surface area contributed by atoms with Crippen LogP contribution in [-0.4, -0.2) is 45.4 Å². The van der Waals surface area contributed by atoms with E-state index in [1.54, 1.807) is 6.20 Å². The van der Waals surface area contributed by atoms with Gasteiger partial charge in [-0.25, -0.2) is 0 Å². The van der Waals surface area contributed by atoms with Crippen molar-refractivity contribution in [1.29, 1.82) is 0 Å². The third kappa shape index (κ3) is 2.91. The van der Waals surface area contributed by atoms with Crippen molar-refractivity contribution in [3.8, 4) is 0 Å². The van der Waals surface area contributed by atoms with Gasteiger partial charge in [-0.2, -0.15) is 5.10 Å². The zero-order chi connectivity index (χ0) is 15.7. The van der Waals surface area contributed by atoms with Crippen LogP contribution in [0.4, 0.5) is 0 Å². The Bertz CT molecular complexity index is 536. The summed E-state index contributed by atoms with van der Waals surface area (Å²) >= 11 is 0. The molecule has 122 valence electrons. The lowest BCUT2D eigenvalue weighted by atomic mass is 9.98. The molecule has 0 aromatic carbocycles. The monoisotopic (exact) mass is 305 g/mol. The maximum absolute atomic E-state index is 12.9. The second-order valence-corrected chi connectivity index (χ2v) is 6.86. The number of nitrogens with zero attached hydrogens (tertiary/aromatic N) is 3. The van der Waals surface area contributed by atoms with Crippen LogP contribution < -0.4 is 0 Å². The lowest BCUT2D eigenvalue weighted by molar-refractivity contribution is 0.0619. The van der Waals surface area contributed by atoms with Gasteiger partial charge in [-0.15, -0.1) is 0 Å². The first-order chi connectivity index (χ1) is 10.7. The van der Waals surface area contributed by atoms with Crippen molar-refractivity contribution in [2.75, 3.05) is 19.7 Å². The van der Waals surface area contributed by atoms with Crippen LogP contribution in [0.1, 0.15) is 74.0 Å². The Labute approximate surface area is 132 Å². The van der Waals surface area contributed by atoms with E-state index in [9.17, 15) is 9.90 Å². The first-order valence-electron chi connectivity index (χ1n) is 8.63. The molecule has 1 aliphatic carbocycles. The minimum absolute atomic E-state index is 0.106. The van der Waals surface area contributed by atoms with E-state index in [0.717, 1.165) is 37.1 Å². The molecule has 2 atom stereocenters. The largest absolute Gasteiger partial charge is 0.396 e. The number of amides is 1. The topological polar surface area (TPSA) is 58.4 Å². The first kappa shape index (κ1) is 15.5. The quantitative estimate of drug-likeness (QED) is 0.909. The van der Waals surface area contributed by atoms with Crippen LogP contribution in [0, 0.1) is 5.92 Å². The minimum atomic E-state index is 0.106. The summed E-state index contributed by atoms with van der Waals surface area (Å²) in [5, 5.41) is 13.9. The summed E-state index contributed by atoms with van der Waals surface area (Å²) in [7, 11) is 0. The lowest BCUT2D eigenvalue weighted by Crippen LogP contribution is -2.41. The molecule has 2 aliphatic rings. The molecule has 5 heteroatoms. The lowest BCUT2D eigenvalue weighted by Gasteiger charge is -2.32. The van der Waals surface area contributed by atoms with Crippen LogP contribution in [0.25, 0.3) is 0 Å². The van der Waals surface area contributed by atoms with E-state index in [0.29, 0.717) is 18.5 Å². The first-order valence-corrected chi connectivity index (χ1v) is 8.63. The number of aromatic nitrogens is 2. The maximum Gasteiger partial charge on any atom is 0.257 e. The highest BCUT2D eigenvalue weighted by molar-refractivity contribution is 5.95. The van der Waals surface area contributed by atoms with Crippen LogP contribution in [0.3, 0.4) is 0 Å². The van der Waals surface area contributed by atoms with E-state index in [2.05, 4.69) is 23.6 Å². The number of hydrogen-bond donors (Lipinski definition) is 1. The molecule has 1 saturated carbocycles. The van der Waals surface area contributed by atoms with Gasteiger partial charge < -0.3 is 10.0 Å². The molecule has 1 aromatic heterocycles. The fourth-order valence-corrected chi connectivity index (χ4v) is 3.39. The Morgan fingerprint density at radius 3 is 2.86 bits per heavy atom. The Balaban J connectivity index is 1.84. The number of piperidine rings is 1. The molecule has 2 fully saturated rings. The molecule has 0 bridgehead atoms. The highest BCUT2D eigenvalue weighted by atomic mass is 16.3. The fourth-order valence-electron chi connectivity index (χ4n) is 3.39. The molecule has 1 aromatic rings. The molecule has 1 amide bonds. The van der Waals surface area contributed by atoms with Gasteiger partial charge in [0.1, 0.15) is 0 Å². The molecule has 2 unspecified atom stereocenters. The molecule has 22 heavy (non-hydrogen) atoms. The number of aliphatic hydroxyl groups excluding tert-OH is 1. The molecule has 1 aliphatic heterocycles. The Kier molecular flexibility index (Phi) is 4.52. The maximum atomic E-state index is 12.9. The number of likely N-dealkylation sites (tertiary alicyclic amines) is 1. The third-order valence-corrected chi connectivity index (χ3v) is 5.10. The summed E-state index contributed by atoms with van der Waals surface area (Å²) in [6.45, 7) is 5.96. The average molecular weight is 305 g/mol. The summed E-state index contributed by atoms with van der Waals surface area (Å²) in [5.41, 5.74) is 1.94. The van der Waals surface area contributed by atoms with Crippen molar-refractivity contribution in [2.45, 2.75) is 57.9 Å². The van der Waals surface area contributed by atoms with E-state index in [1.165, 1.54) is 12.8 Å². The van der Waals surface area contributed by atoms with Crippen LogP contribution >= 0.6 is 0 Å². The molecule has 1 saturated heterocycles. The number of rotatable bonds is 5. The number of carbonyl (C=O) groups is 1. The molecule has 0 spiro atoms. The molecular formula is C17H27N3O2. The van der Waals surface area contributed by atoms with Gasteiger partial charge >= 0.3 is 0 Å². The second-order valence-electron chi connectivity index (χ2n) is 6.86. The molecular weight excluding hydrogens is 278 g/mol. The Hall–Kier alpha value is -1.36. The fraction of sp³-hybridized carbons (Fsp3) is 0.765. The van der Waals surface area contributed by atoms with E-state index in [-0.39, 0.29) is 18.4 Å². The summed E-state index contributed by atoms with van der Waals surface area (Å²) < 4.78 is 2.07. The summed E-state index contributed by atoms with van der Waals surface area (Å²) in [4.78, 5) is 14.8. The Morgan fingerprint density at radius 1 is 1.45 bits per heavy atom. The minimum Gasteiger partial charge on any atom is -0.396 e. The molecule has 2 heterocycles. The SMILES string of the molecule is CCC(C)n1ncc(C(=O)N2CCCC(CO)C2)c1C1CC1. The average Bonchev–Trinajstić information content (AvgIpc) is 3.31. The summed E-state index contributed by atoms with van der Waals surface area (Å²) in [5.74, 6) is 0.843. The van der Waals surface area contributed by atoms with Crippen molar-refractivity contribution < 1.29 is 9.90 Å². The summed E-state index contributed by atoms with van der Waals surface area (Å²) in [6, 6.07) is 0.337. The third-order valence-electron chi connectivity index (χ3n) is 5.10. The van der Waals surface area contributed by atoms with Crippen molar-refractivity contribution >= 4 is 5.91 Å². The van der Waals surface area contributed by atoms with Gasteiger partial charge in [0.25, 0.3) is 5.91 Å².